The van der Waals surface area contributed by atoms with Gasteiger partial charge in [0.15, 0.2) is 0 Å². The maximum atomic E-state index is 12.7. The Bertz CT molecular complexity index is 673. The molecule has 2 atom stereocenters. The van der Waals surface area contributed by atoms with Gasteiger partial charge in [0.25, 0.3) is 5.91 Å². The molecule has 3 aliphatic rings. The van der Waals surface area contributed by atoms with E-state index in [9.17, 15) is 9.59 Å². The van der Waals surface area contributed by atoms with E-state index in [1.807, 2.05) is 35.2 Å². The second kappa shape index (κ2) is 8.01. The van der Waals surface area contributed by atoms with Gasteiger partial charge in [0, 0.05) is 50.7 Å². The lowest BCUT2D eigenvalue weighted by Crippen LogP contribution is -2.45. The first kappa shape index (κ1) is 18.5. The van der Waals surface area contributed by atoms with Crippen LogP contribution in [0, 0.1) is 5.92 Å². The Morgan fingerprint density at radius 2 is 1.85 bits per heavy atom. The van der Waals surface area contributed by atoms with Gasteiger partial charge >= 0.3 is 0 Å². The van der Waals surface area contributed by atoms with E-state index in [2.05, 4.69) is 9.80 Å². The molecular weight excluding hydrogens is 338 g/mol. The summed E-state index contributed by atoms with van der Waals surface area (Å²) in [6.45, 7) is 6.50. The predicted molar refractivity (Wildman–Crippen MR) is 105 cm³/mol. The largest absolute Gasteiger partial charge is 0.338 e. The summed E-state index contributed by atoms with van der Waals surface area (Å²) < 4.78 is 0. The van der Waals surface area contributed by atoms with Crippen molar-refractivity contribution in [1.29, 1.82) is 0 Å². The van der Waals surface area contributed by atoms with Gasteiger partial charge in [-0.25, -0.2) is 0 Å². The predicted octanol–water partition coefficient (Wildman–Crippen LogP) is 2.62. The SMILES string of the molecule is CC(=O)N(C[C@H]1CCCN1C[C@@H]1CCN(C(=O)c2ccccc2)C1)C1CC1. The summed E-state index contributed by atoms with van der Waals surface area (Å²) in [5.41, 5.74) is 0.790. The molecule has 2 aliphatic heterocycles. The molecule has 2 saturated heterocycles. The van der Waals surface area contributed by atoms with Gasteiger partial charge in [-0.2, -0.15) is 0 Å². The summed E-state index contributed by atoms with van der Waals surface area (Å²) in [4.78, 5) is 31.3. The number of nitrogens with zero attached hydrogens (tertiary/aromatic N) is 3. The molecule has 0 unspecified atom stereocenters. The molecule has 0 bridgehead atoms. The van der Waals surface area contributed by atoms with Crippen molar-refractivity contribution < 1.29 is 9.59 Å². The fraction of sp³-hybridized carbons (Fsp3) is 0.636. The fourth-order valence-electron chi connectivity index (χ4n) is 4.75. The Labute approximate surface area is 162 Å². The van der Waals surface area contributed by atoms with Crippen LogP contribution in [0.15, 0.2) is 30.3 Å². The number of hydrogen-bond donors (Lipinski definition) is 0. The average Bonchev–Trinajstić information content (AvgIpc) is 3.24. The smallest absolute Gasteiger partial charge is 0.253 e. The van der Waals surface area contributed by atoms with Crippen molar-refractivity contribution in [2.24, 2.45) is 5.92 Å². The topological polar surface area (TPSA) is 43.9 Å². The molecule has 0 radical (unpaired) electrons. The Balaban J connectivity index is 1.31. The molecule has 2 amide bonds. The molecule has 1 saturated carbocycles. The third-order valence-electron chi connectivity index (χ3n) is 6.39. The molecule has 146 valence electrons. The van der Waals surface area contributed by atoms with Gasteiger partial charge < -0.3 is 9.80 Å². The molecule has 5 nitrogen and oxygen atoms in total. The number of carbonyl (C=O) groups is 2. The van der Waals surface area contributed by atoms with Crippen molar-refractivity contribution in [2.75, 3.05) is 32.7 Å². The lowest BCUT2D eigenvalue weighted by atomic mass is 10.1. The van der Waals surface area contributed by atoms with E-state index in [1.54, 1.807) is 6.92 Å². The van der Waals surface area contributed by atoms with Gasteiger partial charge in [0.1, 0.15) is 0 Å². The number of benzene rings is 1. The van der Waals surface area contributed by atoms with Crippen LogP contribution in [0.25, 0.3) is 0 Å². The quantitative estimate of drug-likeness (QED) is 0.774. The van der Waals surface area contributed by atoms with Gasteiger partial charge in [-0.3, -0.25) is 14.5 Å². The van der Waals surface area contributed by atoms with Crippen LogP contribution in [0.5, 0.6) is 0 Å². The van der Waals surface area contributed by atoms with Crippen LogP contribution in [0.2, 0.25) is 0 Å². The first-order valence-electron chi connectivity index (χ1n) is 10.5. The average molecular weight is 370 g/mol. The first-order valence-corrected chi connectivity index (χ1v) is 10.5. The molecule has 27 heavy (non-hydrogen) atoms. The Hall–Kier alpha value is -1.88. The zero-order chi connectivity index (χ0) is 18.8. The lowest BCUT2D eigenvalue weighted by Gasteiger charge is -2.32. The van der Waals surface area contributed by atoms with E-state index in [0.29, 0.717) is 18.0 Å². The van der Waals surface area contributed by atoms with Crippen molar-refractivity contribution in [2.45, 2.75) is 51.1 Å². The summed E-state index contributed by atoms with van der Waals surface area (Å²) in [5, 5.41) is 0. The van der Waals surface area contributed by atoms with E-state index in [0.717, 1.165) is 44.7 Å². The molecule has 3 fully saturated rings. The van der Waals surface area contributed by atoms with Gasteiger partial charge in [-0.15, -0.1) is 0 Å². The number of amides is 2. The minimum absolute atomic E-state index is 0.160. The second-order valence-electron chi connectivity index (χ2n) is 8.47. The van der Waals surface area contributed by atoms with Crippen LogP contribution < -0.4 is 0 Å². The van der Waals surface area contributed by atoms with Crippen molar-refractivity contribution >= 4 is 11.8 Å². The van der Waals surface area contributed by atoms with Crippen LogP contribution in [0.3, 0.4) is 0 Å². The molecule has 5 heteroatoms. The van der Waals surface area contributed by atoms with Crippen LogP contribution in [-0.2, 0) is 4.79 Å². The highest BCUT2D eigenvalue weighted by Crippen LogP contribution is 2.30. The molecule has 1 aromatic carbocycles. The number of likely N-dealkylation sites (tertiary alicyclic amines) is 2. The van der Waals surface area contributed by atoms with Crippen molar-refractivity contribution in [1.82, 2.24) is 14.7 Å². The standard InChI is InChI=1S/C22H31N3O2/c1-17(26)25(20-9-10-20)16-21-8-5-12-23(21)14-18-11-13-24(15-18)22(27)19-6-3-2-4-7-19/h2-4,6-7,18,20-21H,5,8-16H2,1H3/t18-,21+/m0/s1. The summed E-state index contributed by atoms with van der Waals surface area (Å²) in [5.74, 6) is 0.933. The molecule has 0 N–H and O–H groups in total. The minimum Gasteiger partial charge on any atom is -0.338 e. The Morgan fingerprint density at radius 3 is 2.56 bits per heavy atom. The zero-order valence-electron chi connectivity index (χ0n) is 16.3. The normalized spacial score (nSPS) is 25.7. The molecule has 4 rings (SSSR count). The van der Waals surface area contributed by atoms with E-state index in [4.69, 9.17) is 0 Å². The van der Waals surface area contributed by atoms with Crippen LogP contribution in [0.4, 0.5) is 0 Å². The first-order chi connectivity index (χ1) is 13.1. The number of carbonyl (C=O) groups excluding carboxylic acids is 2. The number of hydrogen-bond acceptors (Lipinski definition) is 3. The molecule has 0 aromatic heterocycles. The maximum Gasteiger partial charge on any atom is 0.253 e. The maximum absolute atomic E-state index is 12.7. The van der Waals surface area contributed by atoms with E-state index >= 15 is 0 Å². The van der Waals surface area contributed by atoms with E-state index in [1.165, 1.54) is 25.7 Å². The Kier molecular flexibility index (Phi) is 5.48. The third kappa shape index (κ3) is 4.34. The summed E-state index contributed by atoms with van der Waals surface area (Å²) in [7, 11) is 0. The molecule has 2 heterocycles. The van der Waals surface area contributed by atoms with Crippen LogP contribution >= 0.6 is 0 Å². The van der Waals surface area contributed by atoms with Gasteiger partial charge in [-0.05, 0) is 56.7 Å². The van der Waals surface area contributed by atoms with Gasteiger partial charge in [0.05, 0.1) is 0 Å². The molecule has 1 aromatic rings. The second-order valence-corrected chi connectivity index (χ2v) is 8.47. The van der Waals surface area contributed by atoms with E-state index in [-0.39, 0.29) is 11.8 Å². The van der Waals surface area contributed by atoms with Gasteiger partial charge in [0.2, 0.25) is 5.91 Å². The summed E-state index contributed by atoms with van der Waals surface area (Å²) >= 11 is 0. The lowest BCUT2D eigenvalue weighted by molar-refractivity contribution is -0.130. The molecular formula is C22H31N3O2. The highest BCUT2D eigenvalue weighted by molar-refractivity contribution is 5.94. The van der Waals surface area contributed by atoms with Gasteiger partial charge in [-0.1, -0.05) is 18.2 Å². The fourth-order valence-corrected chi connectivity index (χ4v) is 4.75. The highest BCUT2D eigenvalue weighted by atomic mass is 16.2. The zero-order valence-corrected chi connectivity index (χ0v) is 16.3. The summed E-state index contributed by atoms with van der Waals surface area (Å²) in [6.07, 6.45) is 5.84. The monoisotopic (exact) mass is 369 g/mol. The van der Waals surface area contributed by atoms with Crippen LogP contribution in [-0.4, -0.2) is 71.3 Å². The third-order valence-corrected chi connectivity index (χ3v) is 6.39. The molecule has 0 spiro atoms. The van der Waals surface area contributed by atoms with Crippen molar-refractivity contribution in [3.8, 4) is 0 Å². The Morgan fingerprint density at radius 1 is 1.07 bits per heavy atom. The van der Waals surface area contributed by atoms with E-state index < -0.39 is 0 Å². The minimum atomic E-state index is 0.160. The summed E-state index contributed by atoms with van der Waals surface area (Å²) in [6, 6.07) is 10.6. The highest BCUT2D eigenvalue weighted by Gasteiger charge is 2.36. The van der Waals surface area contributed by atoms with Crippen LogP contribution in [0.1, 0.15) is 49.4 Å². The van der Waals surface area contributed by atoms with Crippen molar-refractivity contribution in [3.05, 3.63) is 35.9 Å². The molecule has 1 aliphatic carbocycles. The number of rotatable bonds is 6. The van der Waals surface area contributed by atoms with Crippen molar-refractivity contribution in [3.63, 3.8) is 0 Å².